The van der Waals surface area contributed by atoms with Crippen LogP contribution < -0.4 is 0 Å². The van der Waals surface area contributed by atoms with Crippen molar-refractivity contribution in [2.75, 3.05) is 5.75 Å². The Labute approximate surface area is 162 Å². The zero-order valence-electron chi connectivity index (χ0n) is 16.4. The van der Waals surface area contributed by atoms with Crippen LogP contribution in [0.1, 0.15) is 58.6 Å². The summed E-state index contributed by atoms with van der Waals surface area (Å²) in [4.78, 5) is 8.03. The maximum absolute atomic E-state index is 6.74. The number of thioether (sulfide) groups is 1. The van der Waals surface area contributed by atoms with Crippen molar-refractivity contribution >= 4 is 11.8 Å². The molecule has 0 N–H and O–H groups in total. The molecule has 0 bridgehead atoms. The molecule has 1 heterocycles. The van der Waals surface area contributed by atoms with E-state index in [1.807, 2.05) is 11.8 Å². The normalized spacial score (nSPS) is 20.6. The number of piperidine rings is 1. The summed E-state index contributed by atoms with van der Waals surface area (Å²) in [6.45, 7) is 9.22. The maximum Gasteiger partial charge on any atom is 0.114 e. The van der Waals surface area contributed by atoms with Gasteiger partial charge in [-0.05, 0) is 64.7 Å². The Morgan fingerprint density at radius 2 is 1.42 bits per heavy atom. The summed E-state index contributed by atoms with van der Waals surface area (Å²) in [5, 5.41) is 2.28. The van der Waals surface area contributed by atoms with E-state index >= 15 is 0 Å². The Morgan fingerprint density at radius 3 is 2.00 bits per heavy atom. The van der Waals surface area contributed by atoms with Crippen molar-refractivity contribution in [3.63, 3.8) is 0 Å². The summed E-state index contributed by atoms with van der Waals surface area (Å²) in [6, 6.07) is 21.2. The molecule has 2 nitrogen and oxygen atoms in total. The molecule has 2 aromatic rings. The lowest BCUT2D eigenvalue weighted by Gasteiger charge is -2.52. The number of hydrogen-bond donors (Lipinski definition) is 0. The van der Waals surface area contributed by atoms with E-state index < -0.39 is 0 Å². The first kappa shape index (κ1) is 19.5. The molecule has 1 aliphatic heterocycles. The first-order chi connectivity index (χ1) is 12.4. The van der Waals surface area contributed by atoms with Crippen molar-refractivity contribution in [1.82, 2.24) is 5.06 Å². The van der Waals surface area contributed by atoms with Crippen molar-refractivity contribution in [2.45, 2.75) is 69.0 Å². The minimum atomic E-state index is 0.0399. The second-order valence-corrected chi connectivity index (χ2v) is 9.50. The van der Waals surface area contributed by atoms with Crippen LogP contribution in [0.25, 0.3) is 0 Å². The summed E-state index contributed by atoms with van der Waals surface area (Å²) in [5.74, 6) is 0.899. The Balaban J connectivity index is 1.81. The topological polar surface area (TPSA) is 12.5 Å². The standard InChI is InChI=1S/C23H31NOS/c1-22(2)16-11-17-23(3,4)24(22)25-21(19-12-7-5-8-13-19)18-26-20-14-9-6-10-15-20/h5-10,12-15,21H,11,16-18H2,1-4H3. The third-order valence-corrected chi connectivity index (χ3v) is 6.30. The summed E-state index contributed by atoms with van der Waals surface area (Å²) < 4.78 is 0. The molecule has 3 rings (SSSR count). The SMILES string of the molecule is CC1(C)CCCC(C)(C)N1OC(CSc1ccccc1)c1ccccc1. The minimum absolute atomic E-state index is 0.0399. The predicted molar refractivity (Wildman–Crippen MR) is 111 cm³/mol. The van der Waals surface area contributed by atoms with Crippen LogP contribution in [-0.2, 0) is 4.84 Å². The van der Waals surface area contributed by atoms with Crippen molar-refractivity contribution in [2.24, 2.45) is 0 Å². The van der Waals surface area contributed by atoms with Gasteiger partial charge in [-0.1, -0.05) is 48.5 Å². The second kappa shape index (κ2) is 8.16. The lowest BCUT2D eigenvalue weighted by atomic mass is 9.82. The summed E-state index contributed by atoms with van der Waals surface area (Å²) >= 11 is 1.86. The van der Waals surface area contributed by atoms with Crippen LogP contribution in [0.4, 0.5) is 0 Å². The monoisotopic (exact) mass is 369 g/mol. The molecule has 1 saturated heterocycles. The van der Waals surface area contributed by atoms with Crippen LogP contribution >= 0.6 is 11.8 Å². The fourth-order valence-corrected chi connectivity index (χ4v) is 4.88. The maximum atomic E-state index is 6.74. The van der Waals surface area contributed by atoms with Crippen molar-refractivity contribution in [3.8, 4) is 0 Å². The zero-order valence-corrected chi connectivity index (χ0v) is 17.3. The molecule has 0 aromatic heterocycles. The highest BCUT2D eigenvalue weighted by Gasteiger charge is 2.43. The van der Waals surface area contributed by atoms with Crippen LogP contribution in [0.15, 0.2) is 65.6 Å². The molecule has 0 spiro atoms. The third-order valence-electron chi connectivity index (χ3n) is 5.23. The van der Waals surface area contributed by atoms with Gasteiger partial charge in [-0.15, -0.1) is 11.8 Å². The summed E-state index contributed by atoms with van der Waals surface area (Å²) in [6.07, 6.45) is 3.64. The van der Waals surface area contributed by atoms with E-state index in [9.17, 15) is 0 Å². The van der Waals surface area contributed by atoms with Gasteiger partial charge in [0.1, 0.15) is 6.10 Å². The van der Waals surface area contributed by atoms with Gasteiger partial charge >= 0.3 is 0 Å². The molecule has 1 aliphatic rings. The van der Waals surface area contributed by atoms with Gasteiger partial charge < -0.3 is 0 Å². The highest BCUT2D eigenvalue weighted by Crippen LogP contribution is 2.41. The van der Waals surface area contributed by atoms with E-state index in [0.29, 0.717) is 0 Å². The van der Waals surface area contributed by atoms with Crippen LogP contribution in [0.5, 0.6) is 0 Å². The van der Waals surface area contributed by atoms with Crippen molar-refractivity contribution in [1.29, 1.82) is 0 Å². The lowest BCUT2D eigenvalue weighted by Crippen LogP contribution is -2.58. The third kappa shape index (κ3) is 4.70. The van der Waals surface area contributed by atoms with E-state index in [2.05, 4.69) is 93.4 Å². The largest absolute Gasteiger partial charge is 0.289 e. The van der Waals surface area contributed by atoms with Gasteiger partial charge in [0.05, 0.1) is 0 Å². The number of hydroxylamine groups is 2. The highest BCUT2D eigenvalue weighted by molar-refractivity contribution is 7.99. The van der Waals surface area contributed by atoms with Gasteiger partial charge in [0.15, 0.2) is 0 Å². The molecule has 2 aromatic carbocycles. The average molecular weight is 370 g/mol. The Bertz CT molecular complexity index is 668. The van der Waals surface area contributed by atoms with E-state index in [-0.39, 0.29) is 17.2 Å². The molecule has 3 heteroatoms. The average Bonchev–Trinajstić information content (AvgIpc) is 2.62. The molecule has 1 fully saturated rings. The first-order valence-electron chi connectivity index (χ1n) is 9.58. The van der Waals surface area contributed by atoms with E-state index in [0.717, 1.165) is 5.75 Å². The molecule has 140 valence electrons. The van der Waals surface area contributed by atoms with Crippen molar-refractivity contribution < 1.29 is 4.84 Å². The first-order valence-corrected chi connectivity index (χ1v) is 10.6. The van der Waals surface area contributed by atoms with E-state index in [1.54, 1.807) is 0 Å². The molecule has 1 atom stereocenters. The Kier molecular flexibility index (Phi) is 6.11. The van der Waals surface area contributed by atoms with Gasteiger partial charge in [-0.2, -0.15) is 5.06 Å². The van der Waals surface area contributed by atoms with Crippen molar-refractivity contribution in [3.05, 3.63) is 66.2 Å². The van der Waals surface area contributed by atoms with Gasteiger partial charge in [0.25, 0.3) is 0 Å². The minimum Gasteiger partial charge on any atom is -0.289 e. The van der Waals surface area contributed by atoms with Gasteiger partial charge in [-0.25, -0.2) is 0 Å². The number of nitrogens with zero attached hydrogens (tertiary/aromatic N) is 1. The molecular weight excluding hydrogens is 338 g/mol. The van der Waals surface area contributed by atoms with Crippen LogP contribution in [0.2, 0.25) is 0 Å². The van der Waals surface area contributed by atoms with Crippen LogP contribution in [-0.4, -0.2) is 21.9 Å². The number of benzene rings is 2. The molecule has 1 unspecified atom stereocenters. The fraction of sp³-hybridized carbons (Fsp3) is 0.478. The van der Waals surface area contributed by atoms with E-state index in [4.69, 9.17) is 4.84 Å². The molecule has 0 aliphatic carbocycles. The molecular formula is C23H31NOS. The molecule has 26 heavy (non-hydrogen) atoms. The van der Waals surface area contributed by atoms with Gasteiger partial charge in [-0.3, -0.25) is 4.84 Å². The number of hydrogen-bond acceptors (Lipinski definition) is 3. The van der Waals surface area contributed by atoms with E-state index in [1.165, 1.54) is 29.7 Å². The van der Waals surface area contributed by atoms with Crippen LogP contribution in [0.3, 0.4) is 0 Å². The van der Waals surface area contributed by atoms with Gasteiger partial charge in [0, 0.05) is 21.7 Å². The molecule has 0 amide bonds. The quantitative estimate of drug-likeness (QED) is 0.540. The number of rotatable bonds is 6. The summed E-state index contributed by atoms with van der Waals surface area (Å²) in [7, 11) is 0. The zero-order chi connectivity index (χ0) is 18.6. The molecule has 0 radical (unpaired) electrons. The van der Waals surface area contributed by atoms with Gasteiger partial charge in [0.2, 0.25) is 0 Å². The smallest absolute Gasteiger partial charge is 0.114 e. The second-order valence-electron chi connectivity index (χ2n) is 8.40. The predicted octanol–water partition coefficient (Wildman–Crippen LogP) is 6.49. The Morgan fingerprint density at radius 1 is 0.885 bits per heavy atom. The van der Waals surface area contributed by atoms with Crippen LogP contribution in [0, 0.1) is 0 Å². The fourth-order valence-electron chi connectivity index (χ4n) is 3.93. The summed E-state index contributed by atoms with van der Waals surface area (Å²) in [5.41, 5.74) is 1.34. The molecule has 0 saturated carbocycles. The Hall–Kier alpha value is -1.29. The highest BCUT2D eigenvalue weighted by atomic mass is 32.2. The lowest BCUT2D eigenvalue weighted by molar-refractivity contribution is -0.303.